The molecule has 194 valence electrons. The number of aliphatic hydroxyl groups is 2. The Labute approximate surface area is 205 Å². The van der Waals surface area contributed by atoms with Crippen molar-refractivity contribution in [2.75, 3.05) is 13.7 Å². The number of alkyl halides is 1. The summed E-state index contributed by atoms with van der Waals surface area (Å²) in [5, 5.41) is 25.8. The summed E-state index contributed by atoms with van der Waals surface area (Å²) in [6.45, 7) is 5.14. The van der Waals surface area contributed by atoms with Crippen molar-refractivity contribution in [3.05, 3.63) is 35.9 Å². The number of hydrogen-bond donors (Lipinski definition) is 4. The standard InChI is InChI=1S/C25H36FN3O6/c1-24(2,3)20(28-23(34)25(26)10-11-25)22(33)29-14-16(30)12-18(29)21(32)27-17(13-19(31)35-4)15-8-6-5-7-9-15/h5-9,16-20,30-31H,10-14H2,1-4H3,(H,27,32)(H,28,34)/t16-,17+,18+,19?,20+/m1/s1. The minimum absolute atomic E-state index is 0.0176. The number of hydrogen-bond acceptors (Lipinski definition) is 6. The maximum Gasteiger partial charge on any atom is 0.258 e. The predicted molar refractivity (Wildman–Crippen MR) is 126 cm³/mol. The molecule has 3 amide bonds. The van der Waals surface area contributed by atoms with E-state index in [9.17, 15) is 29.0 Å². The molecule has 1 aliphatic heterocycles. The van der Waals surface area contributed by atoms with Crippen LogP contribution in [0.15, 0.2) is 30.3 Å². The number of likely N-dealkylation sites (tertiary alicyclic amines) is 1. The van der Waals surface area contributed by atoms with E-state index in [0.717, 1.165) is 5.56 Å². The summed E-state index contributed by atoms with van der Waals surface area (Å²) >= 11 is 0. The number of amides is 3. The second-order valence-corrected chi connectivity index (χ2v) is 10.5. The van der Waals surface area contributed by atoms with Crippen molar-refractivity contribution in [1.29, 1.82) is 0 Å². The van der Waals surface area contributed by atoms with Crippen LogP contribution in [0, 0.1) is 5.41 Å². The monoisotopic (exact) mass is 493 g/mol. The zero-order chi connectivity index (χ0) is 26.0. The van der Waals surface area contributed by atoms with Gasteiger partial charge in [-0.2, -0.15) is 0 Å². The fourth-order valence-corrected chi connectivity index (χ4v) is 4.25. The van der Waals surface area contributed by atoms with Gasteiger partial charge in [-0.3, -0.25) is 14.4 Å². The van der Waals surface area contributed by atoms with E-state index in [2.05, 4.69) is 10.6 Å². The molecule has 2 fully saturated rings. The van der Waals surface area contributed by atoms with Crippen molar-refractivity contribution < 1.29 is 33.7 Å². The second-order valence-electron chi connectivity index (χ2n) is 10.5. The Hall–Kier alpha value is -2.56. The lowest BCUT2D eigenvalue weighted by Gasteiger charge is -2.36. The predicted octanol–water partition coefficient (Wildman–Crippen LogP) is 1.19. The largest absolute Gasteiger partial charge is 0.391 e. The van der Waals surface area contributed by atoms with Gasteiger partial charge in [0.25, 0.3) is 5.91 Å². The number of ether oxygens (including phenoxy) is 1. The molecule has 1 saturated heterocycles. The molecule has 3 rings (SSSR count). The molecule has 35 heavy (non-hydrogen) atoms. The summed E-state index contributed by atoms with van der Waals surface area (Å²) in [6, 6.07) is 6.36. The van der Waals surface area contributed by atoms with Crippen molar-refractivity contribution in [1.82, 2.24) is 15.5 Å². The fraction of sp³-hybridized carbons (Fsp3) is 0.640. The molecule has 0 aromatic heterocycles. The van der Waals surface area contributed by atoms with Crippen LogP contribution in [-0.4, -0.2) is 76.6 Å². The normalized spacial score (nSPS) is 23.8. The Morgan fingerprint density at radius 3 is 2.37 bits per heavy atom. The van der Waals surface area contributed by atoms with Gasteiger partial charge >= 0.3 is 0 Å². The summed E-state index contributed by atoms with van der Waals surface area (Å²) < 4.78 is 19.3. The van der Waals surface area contributed by atoms with Crippen LogP contribution >= 0.6 is 0 Å². The summed E-state index contributed by atoms with van der Waals surface area (Å²) in [5.41, 5.74) is -1.97. The molecule has 2 aliphatic rings. The molecule has 1 aromatic rings. The first-order valence-corrected chi connectivity index (χ1v) is 11.9. The molecule has 0 spiro atoms. The smallest absolute Gasteiger partial charge is 0.258 e. The fourth-order valence-electron chi connectivity index (χ4n) is 4.25. The molecule has 4 N–H and O–H groups in total. The van der Waals surface area contributed by atoms with E-state index in [1.54, 1.807) is 45.0 Å². The quantitative estimate of drug-likeness (QED) is 0.383. The van der Waals surface area contributed by atoms with Crippen molar-refractivity contribution >= 4 is 17.7 Å². The first kappa shape index (κ1) is 27.0. The van der Waals surface area contributed by atoms with Crippen LogP contribution in [0.25, 0.3) is 0 Å². The lowest BCUT2D eigenvalue weighted by molar-refractivity contribution is -0.145. The Bertz CT molecular complexity index is 918. The average molecular weight is 494 g/mol. The van der Waals surface area contributed by atoms with E-state index in [0.29, 0.717) is 0 Å². The number of carbonyl (C=O) groups is 3. The first-order chi connectivity index (χ1) is 16.4. The number of nitrogens with zero attached hydrogens (tertiary/aromatic N) is 1. The highest BCUT2D eigenvalue weighted by atomic mass is 19.1. The minimum Gasteiger partial charge on any atom is -0.391 e. The van der Waals surface area contributed by atoms with Gasteiger partial charge in [0, 0.05) is 26.5 Å². The molecule has 5 atom stereocenters. The van der Waals surface area contributed by atoms with E-state index < -0.39 is 59.3 Å². The maximum absolute atomic E-state index is 14.3. The summed E-state index contributed by atoms with van der Waals surface area (Å²) in [7, 11) is 1.35. The molecule has 1 heterocycles. The third-order valence-corrected chi connectivity index (χ3v) is 6.58. The van der Waals surface area contributed by atoms with Crippen LogP contribution in [0.5, 0.6) is 0 Å². The third-order valence-electron chi connectivity index (χ3n) is 6.58. The highest BCUT2D eigenvalue weighted by Gasteiger charge is 2.53. The van der Waals surface area contributed by atoms with Gasteiger partial charge in [0.2, 0.25) is 11.8 Å². The molecule has 1 unspecified atom stereocenters. The maximum atomic E-state index is 14.3. The summed E-state index contributed by atoms with van der Waals surface area (Å²) in [5.74, 6) is -1.89. The van der Waals surface area contributed by atoms with Crippen LogP contribution in [-0.2, 0) is 19.1 Å². The van der Waals surface area contributed by atoms with Crippen molar-refractivity contribution in [3.63, 3.8) is 0 Å². The van der Waals surface area contributed by atoms with Gasteiger partial charge in [-0.05, 0) is 23.8 Å². The number of carbonyl (C=O) groups excluding carboxylic acids is 3. The van der Waals surface area contributed by atoms with Gasteiger partial charge < -0.3 is 30.5 Å². The van der Waals surface area contributed by atoms with Gasteiger partial charge in [0.1, 0.15) is 12.1 Å². The Kier molecular flexibility index (Phi) is 8.18. The molecule has 1 aliphatic carbocycles. The average Bonchev–Trinajstić information content (AvgIpc) is 3.44. The van der Waals surface area contributed by atoms with Crippen molar-refractivity contribution in [3.8, 4) is 0 Å². The lowest BCUT2D eigenvalue weighted by atomic mass is 9.85. The van der Waals surface area contributed by atoms with Crippen LogP contribution in [0.4, 0.5) is 4.39 Å². The minimum atomic E-state index is -1.95. The summed E-state index contributed by atoms with van der Waals surface area (Å²) in [6.07, 6.45) is -1.72. The highest BCUT2D eigenvalue weighted by molar-refractivity contribution is 5.95. The third kappa shape index (κ3) is 6.56. The van der Waals surface area contributed by atoms with Gasteiger partial charge in [0.15, 0.2) is 12.0 Å². The Morgan fingerprint density at radius 1 is 1.20 bits per heavy atom. The highest BCUT2D eigenvalue weighted by Crippen LogP contribution is 2.40. The van der Waals surface area contributed by atoms with E-state index in [1.165, 1.54) is 12.0 Å². The van der Waals surface area contributed by atoms with Gasteiger partial charge in [-0.15, -0.1) is 0 Å². The topological polar surface area (TPSA) is 128 Å². The molecule has 0 bridgehead atoms. The molecule has 0 radical (unpaired) electrons. The molecule has 1 saturated carbocycles. The summed E-state index contributed by atoms with van der Waals surface area (Å²) in [4.78, 5) is 40.5. The first-order valence-electron chi connectivity index (χ1n) is 11.9. The number of β-amino-alcohol motifs (C(OH)–C–C–N with tert-alkyl or cyclic N) is 1. The Morgan fingerprint density at radius 2 is 1.83 bits per heavy atom. The zero-order valence-corrected chi connectivity index (χ0v) is 20.7. The number of methoxy groups -OCH3 is 1. The Balaban J connectivity index is 1.79. The van der Waals surface area contributed by atoms with Crippen molar-refractivity contribution in [2.24, 2.45) is 5.41 Å². The lowest BCUT2D eigenvalue weighted by Crippen LogP contribution is -2.59. The van der Waals surface area contributed by atoms with Crippen LogP contribution in [0.3, 0.4) is 0 Å². The number of nitrogens with one attached hydrogen (secondary N) is 2. The van der Waals surface area contributed by atoms with Crippen LogP contribution < -0.4 is 10.6 Å². The van der Waals surface area contributed by atoms with E-state index in [1.807, 2.05) is 6.07 Å². The van der Waals surface area contributed by atoms with E-state index in [-0.39, 0.29) is 32.2 Å². The van der Waals surface area contributed by atoms with Crippen molar-refractivity contribution in [2.45, 2.75) is 82.6 Å². The number of halogens is 1. The zero-order valence-electron chi connectivity index (χ0n) is 20.7. The number of rotatable bonds is 9. The van der Waals surface area contributed by atoms with Gasteiger partial charge in [-0.1, -0.05) is 51.1 Å². The van der Waals surface area contributed by atoms with Gasteiger partial charge in [-0.25, -0.2) is 4.39 Å². The molecular formula is C25H36FN3O6. The van der Waals surface area contributed by atoms with E-state index in [4.69, 9.17) is 4.74 Å². The van der Waals surface area contributed by atoms with Gasteiger partial charge in [0.05, 0.1) is 12.1 Å². The SMILES string of the molecule is COC(O)C[C@H](NC(=O)[C@@H]1C[C@@H](O)CN1C(=O)[C@H](NC(=O)C1(F)CC1)C(C)(C)C)c1ccccc1. The molecule has 9 nitrogen and oxygen atoms in total. The molecule has 1 aromatic carbocycles. The molecular weight excluding hydrogens is 457 g/mol. The second kappa shape index (κ2) is 10.6. The number of aliphatic hydroxyl groups excluding tert-OH is 2. The van der Waals surface area contributed by atoms with Crippen LogP contribution in [0.1, 0.15) is 58.1 Å². The molecule has 10 heteroatoms. The number of benzene rings is 1. The van der Waals surface area contributed by atoms with Crippen LogP contribution in [0.2, 0.25) is 0 Å². The van der Waals surface area contributed by atoms with E-state index >= 15 is 0 Å².